The molecule has 1 atom stereocenters. The lowest BCUT2D eigenvalue weighted by molar-refractivity contribution is 0.919. The Balaban J connectivity index is 2.14. The molecule has 0 amide bonds. The zero-order valence-electron chi connectivity index (χ0n) is 11.2. The molecule has 2 aromatic rings. The molecule has 0 spiro atoms. The number of aromatic nitrogens is 2. The van der Waals surface area contributed by atoms with Gasteiger partial charge in [0, 0.05) is 23.5 Å². The zero-order valence-corrected chi connectivity index (χ0v) is 12.7. The van der Waals surface area contributed by atoms with Crippen LogP contribution in [0.4, 0.5) is 5.69 Å². The monoisotopic (exact) mass is 326 g/mol. The van der Waals surface area contributed by atoms with Crippen LogP contribution in [0.25, 0.3) is 11.6 Å². The predicted molar refractivity (Wildman–Crippen MR) is 85.5 cm³/mol. The highest BCUT2D eigenvalue weighted by Gasteiger charge is 2.30. The largest absolute Gasteiger partial charge is 0.251 e. The van der Waals surface area contributed by atoms with E-state index < -0.39 is 0 Å². The van der Waals surface area contributed by atoms with Crippen LogP contribution in [0.3, 0.4) is 0 Å². The van der Waals surface area contributed by atoms with Crippen molar-refractivity contribution >= 4 is 46.3 Å². The van der Waals surface area contributed by atoms with Gasteiger partial charge in [-0.1, -0.05) is 41.4 Å². The van der Waals surface area contributed by atoms with Gasteiger partial charge in [-0.2, -0.15) is 5.26 Å². The Labute approximate surface area is 136 Å². The molecule has 0 saturated heterocycles. The minimum absolute atomic E-state index is 0.119. The van der Waals surface area contributed by atoms with Gasteiger partial charge in [-0.25, -0.2) is 9.97 Å². The van der Waals surface area contributed by atoms with E-state index in [-0.39, 0.29) is 16.2 Å². The lowest BCUT2D eigenvalue weighted by atomic mass is 9.88. The van der Waals surface area contributed by atoms with Crippen molar-refractivity contribution in [3.8, 4) is 6.07 Å². The van der Waals surface area contributed by atoms with E-state index in [1.165, 1.54) is 0 Å². The first-order valence-electron chi connectivity index (χ1n) is 6.69. The minimum atomic E-state index is -0.119. The normalized spacial score (nSPS) is 17.8. The highest BCUT2D eigenvalue weighted by Crippen LogP contribution is 2.37. The van der Waals surface area contributed by atoms with E-state index in [1.807, 2.05) is 30.3 Å². The molecule has 2 heterocycles. The fraction of sp³-hybridized carbons (Fsp3) is 0.125. The number of fused-ring (bicyclic) bond motifs is 4. The number of nitriles is 1. The molecule has 4 nitrogen and oxygen atoms in total. The van der Waals surface area contributed by atoms with E-state index in [9.17, 15) is 0 Å². The van der Waals surface area contributed by atoms with Crippen molar-refractivity contribution in [1.29, 1.82) is 5.26 Å². The quantitative estimate of drug-likeness (QED) is 0.808. The Hall–Kier alpha value is -2.22. The summed E-state index contributed by atoms with van der Waals surface area (Å²) < 4.78 is 0. The van der Waals surface area contributed by atoms with Crippen LogP contribution in [0.2, 0.25) is 10.3 Å². The number of halogens is 2. The Morgan fingerprint density at radius 3 is 2.73 bits per heavy atom. The van der Waals surface area contributed by atoms with Crippen LogP contribution in [0.1, 0.15) is 12.0 Å². The molecule has 1 aliphatic carbocycles. The van der Waals surface area contributed by atoms with Crippen LogP contribution in [0, 0.1) is 17.2 Å². The Morgan fingerprint density at radius 2 is 1.91 bits per heavy atom. The Morgan fingerprint density at radius 1 is 1.14 bits per heavy atom. The number of hydrogen-bond donors (Lipinski definition) is 0. The van der Waals surface area contributed by atoms with E-state index in [0.29, 0.717) is 17.1 Å². The Kier molecular flexibility index (Phi) is 3.00. The average Bonchev–Trinajstić information content (AvgIpc) is 2.90. The standard InChI is InChI=1S/C16H8Cl2N4/c17-15-16(18)22-14-11(21-15)7-8(5-6-19)13-12(14)9-3-1-2-4-10(9)20-13/h1-4,7-8H,5H2. The third-order valence-corrected chi connectivity index (χ3v) is 4.39. The molecule has 2 aliphatic rings. The van der Waals surface area contributed by atoms with E-state index in [0.717, 1.165) is 22.5 Å². The molecule has 0 saturated carbocycles. The smallest absolute Gasteiger partial charge is 0.167 e. The third kappa shape index (κ3) is 1.87. The summed E-state index contributed by atoms with van der Waals surface area (Å²) in [5, 5.41) is 10.7. The topological polar surface area (TPSA) is 61.9 Å². The molecule has 0 radical (unpaired) electrons. The zero-order chi connectivity index (χ0) is 15.3. The van der Waals surface area contributed by atoms with E-state index >= 15 is 0 Å². The summed E-state index contributed by atoms with van der Waals surface area (Å²) in [6.45, 7) is 0. The van der Waals surface area contributed by atoms with Gasteiger partial charge >= 0.3 is 0 Å². The summed E-state index contributed by atoms with van der Waals surface area (Å²) >= 11 is 12.0. The summed E-state index contributed by atoms with van der Waals surface area (Å²) in [5.41, 5.74) is 3.62. The molecule has 0 fully saturated rings. The molecule has 1 unspecified atom stereocenters. The molecule has 4 rings (SSSR count). The van der Waals surface area contributed by atoms with Gasteiger partial charge < -0.3 is 0 Å². The second-order valence-corrected chi connectivity index (χ2v) is 5.78. The predicted octanol–water partition coefficient (Wildman–Crippen LogP) is 2.39. The molecule has 6 heteroatoms. The molecular weight excluding hydrogens is 319 g/mol. The van der Waals surface area contributed by atoms with Gasteiger partial charge in [0.25, 0.3) is 0 Å². The number of para-hydroxylation sites is 1. The van der Waals surface area contributed by atoms with Gasteiger partial charge in [0.2, 0.25) is 0 Å². The van der Waals surface area contributed by atoms with Crippen molar-refractivity contribution in [2.75, 3.05) is 0 Å². The maximum absolute atomic E-state index is 9.08. The van der Waals surface area contributed by atoms with Crippen LogP contribution in [0.15, 0.2) is 29.3 Å². The fourth-order valence-electron chi connectivity index (χ4n) is 2.85. The van der Waals surface area contributed by atoms with Crippen molar-refractivity contribution in [3.63, 3.8) is 0 Å². The van der Waals surface area contributed by atoms with Crippen molar-refractivity contribution in [2.45, 2.75) is 6.42 Å². The van der Waals surface area contributed by atoms with E-state index in [2.05, 4.69) is 21.0 Å². The van der Waals surface area contributed by atoms with E-state index in [1.54, 1.807) is 0 Å². The number of nitrogens with zero attached hydrogens (tertiary/aromatic N) is 4. The number of rotatable bonds is 1. The third-order valence-electron chi connectivity index (χ3n) is 3.77. The number of benzene rings is 1. The Bertz CT molecular complexity index is 1000. The number of hydrogen-bond acceptors (Lipinski definition) is 4. The number of aliphatic imine (C=N–C) groups is 1. The van der Waals surface area contributed by atoms with Gasteiger partial charge in [-0.05, 0) is 12.1 Å². The first-order chi connectivity index (χ1) is 10.7. The van der Waals surface area contributed by atoms with Crippen LogP contribution < -0.4 is 10.7 Å². The van der Waals surface area contributed by atoms with Crippen molar-refractivity contribution in [1.82, 2.24) is 9.97 Å². The molecule has 0 bridgehead atoms. The highest BCUT2D eigenvalue weighted by atomic mass is 35.5. The molecular formula is C16H8Cl2N4. The lowest BCUT2D eigenvalue weighted by Crippen LogP contribution is -2.41. The molecule has 22 heavy (non-hydrogen) atoms. The summed E-state index contributed by atoms with van der Waals surface area (Å²) in [6.07, 6.45) is 2.22. The summed E-state index contributed by atoms with van der Waals surface area (Å²) in [5.74, 6) is -0.119. The van der Waals surface area contributed by atoms with Crippen molar-refractivity contribution in [2.24, 2.45) is 10.9 Å². The summed E-state index contributed by atoms with van der Waals surface area (Å²) in [7, 11) is 0. The summed E-state index contributed by atoms with van der Waals surface area (Å²) in [6, 6.07) is 10.0. The average molecular weight is 327 g/mol. The lowest BCUT2D eigenvalue weighted by Gasteiger charge is -2.15. The van der Waals surface area contributed by atoms with Gasteiger partial charge in [-0.3, -0.25) is 4.99 Å². The highest BCUT2D eigenvalue weighted by molar-refractivity contribution is 6.40. The first-order valence-corrected chi connectivity index (χ1v) is 7.45. The fourth-order valence-corrected chi connectivity index (χ4v) is 3.11. The molecule has 0 N–H and O–H groups in total. The molecule has 1 aromatic carbocycles. The molecule has 1 aliphatic heterocycles. The second-order valence-electron chi connectivity index (χ2n) is 5.06. The van der Waals surface area contributed by atoms with Crippen molar-refractivity contribution < 1.29 is 0 Å². The van der Waals surface area contributed by atoms with Gasteiger partial charge in [0.1, 0.15) is 5.35 Å². The summed E-state index contributed by atoms with van der Waals surface area (Å²) in [4.78, 5) is 13.4. The minimum Gasteiger partial charge on any atom is -0.251 e. The van der Waals surface area contributed by atoms with Crippen LogP contribution in [-0.2, 0) is 0 Å². The van der Waals surface area contributed by atoms with Crippen molar-refractivity contribution in [3.05, 3.63) is 50.8 Å². The maximum Gasteiger partial charge on any atom is 0.167 e. The maximum atomic E-state index is 9.08. The van der Waals surface area contributed by atoms with Crippen LogP contribution in [0.5, 0.6) is 0 Å². The van der Waals surface area contributed by atoms with Crippen LogP contribution >= 0.6 is 23.2 Å². The van der Waals surface area contributed by atoms with Crippen LogP contribution in [-0.4, -0.2) is 15.7 Å². The van der Waals surface area contributed by atoms with Gasteiger partial charge in [-0.15, -0.1) is 0 Å². The molecule has 106 valence electrons. The van der Waals surface area contributed by atoms with E-state index in [4.69, 9.17) is 28.5 Å². The SMILES string of the molecule is N#CCC1C=c2nc(Cl)c(Cl)nc2=C2C1=Nc1ccccc12. The second kappa shape index (κ2) is 4.91. The first kappa shape index (κ1) is 13.4. The van der Waals surface area contributed by atoms with Gasteiger partial charge in [0.15, 0.2) is 10.3 Å². The molecule has 1 aromatic heterocycles. The van der Waals surface area contributed by atoms with Gasteiger partial charge in [0.05, 0.1) is 22.8 Å².